The summed E-state index contributed by atoms with van der Waals surface area (Å²) in [7, 11) is -1.37. The molecule has 0 bridgehead atoms. The lowest BCUT2D eigenvalue weighted by molar-refractivity contribution is -0.384. The fourth-order valence-electron chi connectivity index (χ4n) is 2.30. The number of allylic oxidation sites excluding steroid dienone is 1. The minimum atomic E-state index is -1.37. The van der Waals surface area contributed by atoms with E-state index in [0.29, 0.717) is 15.4 Å². The highest BCUT2D eigenvalue weighted by Gasteiger charge is 2.15. The van der Waals surface area contributed by atoms with Crippen LogP contribution < -0.4 is 0 Å². The van der Waals surface area contributed by atoms with Gasteiger partial charge in [-0.25, -0.2) is 4.21 Å². The number of nitrogens with zero attached hydrogens (tertiary/aromatic N) is 1. The predicted octanol–water partition coefficient (Wildman–Crippen LogP) is 5.24. The van der Waals surface area contributed by atoms with Crippen LogP contribution in [0.5, 0.6) is 0 Å². The topological polar surface area (TPSA) is 60.2 Å². The molecule has 2 aromatic carbocycles. The lowest BCUT2D eigenvalue weighted by Crippen LogP contribution is -1.98. The van der Waals surface area contributed by atoms with E-state index in [1.807, 2.05) is 37.3 Å². The van der Waals surface area contributed by atoms with E-state index in [1.165, 1.54) is 12.1 Å². The number of aryl methyl sites for hydroxylation is 1. The molecular formula is C19H21NO3S. The first kappa shape index (κ1) is 18.1. The molecule has 0 aromatic heterocycles. The quantitative estimate of drug-likeness (QED) is 0.392. The lowest BCUT2D eigenvalue weighted by Gasteiger charge is -2.09. The average molecular weight is 343 g/mol. The number of non-ortho nitro benzene ring substituents is 1. The van der Waals surface area contributed by atoms with Crippen LogP contribution in [0.15, 0.2) is 59.5 Å². The highest BCUT2D eigenvalue weighted by molar-refractivity contribution is 7.94. The summed E-state index contributed by atoms with van der Waals surface area (Å²) in [5.41, 5.74) is 1.75. The smallest absolute Gasteiger partial charge is 0.258 e. The number of hydrogen-bond acceptors (Lipinski definition) is 3. The number of hydrogen-bond donors (Lipinski definition) is 0. The molecule has 24 heavy (non-hydrogen) atoms. The normalized spacial score (nSPS) is 12.8. The van der Waals surface area contributed by atoms with Crippen molar-refractivity contribution in [2.75, 3.05) is 0 Å². The number of rotatable bonds is 7. The lowest BCUT2D eigenvalue weighted by atomic mass is 10.1. The van der Waals surface area contributed by atoms with E-state index in [2.05, 4.69) is 6.92 Å². The molecule has 0 unspecified atom stereocenters. The SMILES string of the molecule is CCCC/C=C(/c1cccc([N+](=O)[O-])c1)[S@@](=O)c1ccc(C)cc1. The van der Waals surface area contributed by atoms with Gasteiger partial charge in [0.1, 0.15) is 0 Å². The number of unbranched alkanes of at least 4 members (excludes halogenated alkanes) is 2. The van der Waals surface area contributed by atoms with Crippen LogP contribution in [0.2, 0.25) is 0 Å². The fraction of sp³-hybridized carbons (Fsp3) is 0.263. The van der Waals surface area contributed by atoms with Gasteiger partial charge >= 0.3 is 0 Å². The molecule has 0 spiro atoms. The molecule has 126 valence electrons. The minimum Gasteiger partial charge on any atom is -0.258 e. The summed E-state index contributed by atoms with van der Waals surface area (Å²) in [4.78, 5) is 11.9. The molecule has 2 rings (SSSR count). The second kappa shape index (κ2) is 8.55. The van der Waals surface area contributed by atoms with Gasteiger partial charge in [-0.3, -0.25) is 10.1 Å². The van der Waals surface area contributed by atoms with Crippen molar-refractivity contribution in [2.24, 2.45) is 0 Å². The van der Waals surface area contributed by atoms with Crippen molar-refractivity contribution < 1.29 is 9.13 Å². The Hall–Kier alpha value is -2.27. The van der Waals surface area contributed by atoms with Crippen LogP contribution in [-0.2, 0) is 10.8 Å². The van der Waals surface area contributed by atoms with Crippen molar-refractivity contribution in [1.29, 1.82) is 0 Å². The van der Waals surface area contributed by atoms with Gasteiger partial charge in [-0.1, -0.05) is 55.7 Å². The van der Waals surface area contributed by atoms with Crippen LogP contribution in [0.4, 0.5) is 5.69 Å². The van der Waals surface area contributed by atoms with Crippen LogP contribution in [0, 0.1) is 17.0 Å². The van der Waals surface area contributed by atoms with Crippen LogP contribution in [-0.4, -0.2) is 9.13 Å². The maximum atomic E-state index is 13.0. The first-order chi connectivity index (χ1) is 11.5. The van der Waals surface area contributed by atoms with Crippen molar-refractivity contribution in [2.45, 2.75) is 38.0 Å². The van der Waals surface area contributed by atoms with Crippen LogP contribution in [0.3, 0.4) is 0 Å². The standard InChI is InChI=1S/C19H21NO3S/c1-3-4-5-9-19(16-7-6-8-17(14-16)20(21)22)24(23)18-12-10-15(2)11-13-18/h6-14H,3-5H2,1-2H3/b19-9-/t24-/m0/s1. The van der Waals surface area contributed by atoms with Crippen LogP contribution in [0.25, 0.3) is 4.91 Å². The Morgan fingerprint density at radius 1 is 1.21 bits per heavy atom. The molecule has 0 saturated heterocycles. The third-order valence-electron chi connectivity index (χ3n) is 3.66. The second-order valence-corrected chi connectivity index (χ2v) is 7.05. The highest BCUT2D eigenvalue weighted by Crippen LogP contribution is 2.28. The van der Waals surface area contributed by atoms with Crippen molar-refractivity contribution >= 4 is 21.4 Å². The van der Waals surface area contributed by atoms with Gasteiger partial charge in [0.05, 0.1) is 15.7 Å². The number of nitro benzene ring substituents is 1. The van der Waals surface area contributed by atoms with Crippen molar-refractivity contribution in [3.05, 3.63) is 75.8 Å². The van der Waals surface area contributed by atoms with E-state index in [0.717, 1.165) is 24.8 Å². The Kier molecular flexibility index (Phi) is 6.44. The molecule has 0 aliphatic heterocycles. The van der Waals surface area contributed by atoms with Gasteiger partial charge in [0.25, 0.3) is 5.69 Å². The average Bonchev–Trinajstić information content (AvgIpc) is 2.59. The predicted molar refractivity (Wildman–Crippen MR) is 98.2 cm³/mol. The van der Waals surface area contributed by atoms with Gasteiger partial charge in [0, 0.05) is 21.9 Å². The Morgan fingerprint density at radius 2 is 1.92 bits per heavy atom. The monoisotopic (exact) mass is 343 g/mol. The van der Waals surface area contributed by atoms with Gasteiger partial charge in [-0.15, -0.1) is 0 Å². The maximum absolute atomic E-state index is 13.0. The zero-order valence-electron chi connectivity index (χ0n) is 13.9. The molecule has 0 fully saturated rings. The number of benzene rings is 2. The second-order valence-electron chi connectivity index (χ2n) is 5.60. The summed E-state index contributed by atoms with van der Waals surface area (Å²) in [5.74, 6) is 0. The van der Waals surface area contributed by atoms with Gasteiger partial charge < -0.3 is 0 Å². The molecule has 2 aromatic rings. The molecule has 0 aliphatic carbocycles. The third kappa shape index (κ3) is 4.61. The van der Waals surface area contributed by atoms with E-state index < -0.39 is 15.7 Å². The van der Waals surface area contributed by atoms with E-state index in [1.54, 1.807) is 12.1 Å². The van der Waals surface area contributed by atoms with E-state index in [4.69, 9.17) is 0 Å². The summed E-state index contributed by atoms with van der Waals surface area (Å²) in [6.07, 6.45) is 4.77. The Morgan fingerprint density at radius 3 is 2.54 bits per heavy atom. The maximum Gasteiger partial charge on any atom is 0.270 e. The highest BCUT2D eigenvalue weighted by atomic mass is 32.2. The van der Waals surface area contributed by atoms with Crippen LogP contribution >= 0.6 is 0 Å². The zero-order chi connectivity index (χ0) is 17.5. The first-order valence-electron chi connectivity index (χ1n) is 7.96. The van der Waals surface area contributed by atoms with E-state index in [-0.39, 0.29) is 5.69 Å². The molecule has 0 heterocycles. The van der Waals surface area contributed by atoms with Crippen molar-refractivity contribution in [1.82, 2.24) is 0 Å². The summed E-state index contributed by atoms with van der Waals surface area (Å²) in [5, 5.41) is 11.0. The molecule has 4 nitrogen and oxygen atoms in total. The molecular weight excluding hydrogens is 322 g/mol. The largest absolute Gasteiger partial charge is 0.270 e. The van der Waals surface area contributed by atoms with Gasteiger partial charge in [0.2, 0.25) is 0 Å². The third-order valence-corrected chi connectivity index (χ3v) is 5.17. The van der Waals surface area contributed by atoms with Crippen molar-refractivity contribution in [3.63, 3.8) is 0 Å². The zero-order valence-corrected chi connectivity index (χ0v) is 14.7. The molecule has 0 saturated carbocycles. The van der Waals surface area contributed by atoms with Gasteiger partial charge in [-0.2, -0.15) is 0 Å². The summed E-state index contributed by atoms with van der Waals surface area (Å²) in [6, 6.07) is 13.9. The van der Waals surface area contributed by atoms with Crippen molar-refractivity contribution in [3.8, 4) is 0 Å². The fourth-order valence-corrected chi connectivity index (χ4v) is 3.55. The molecule has 0 amide bonds. The summed E-state index contributed by atoms with van der Waals surface area (Å²) < 4.78 is 13.0. The van der Waals surface area contributed by atoms with E-state index >= 15 is 0 Å². The Bertz CT molecular complexity index is 766. The first-order valence-corrected chi connectivity index (χ1v) is 9.11. The molecule has 0 radical (unpaired) electrons. The Balaban J connectivity index is 2.43. The Labute approximate surface area is 144 Å². The molecule has 5 heteroatoms. The van der Waals surface area contributed by atoms with Gasteiger partial charge in [0.15, 0.2) is 0 Å². The minimum absolute atomic E-state index is 0.00907. The molecule has 0 N–H and O–H groups in total. The number of nitro groups is 1. The van der Waals surface area contributed by atoms with Gasteiger partial charge in [-0.05, 0) is 31.0 Å². The summed E-state index contributed by atoms with van der Waals surface area (Å²) >= 11 is 0. The molecule has 0 aliphatic rings. The summed E-state index contributed by atoms with van der Waals surface area (Å²) in [6.45, 7) is 4.07. The van der Waals surface area contributed by atoms with Crippen LogP contribution in [0.1, 0.15) is 37.3 Å². The molecule has 1 atom stereocenters. The van der Waals surface area contributed by atoms with E-state index in [9.17, 15) is 14.3 Å².